The summed E-state index contributed by atoms with van der Waals surface area (Å²) in [4.78, 5) is 27.8. The molecule has 0 saturated carbocycles. The van der Waals surface area contributed by atoms with Gasteiger partial charge in [0.25, 0.3) is 0 Å². The summed E-state index contributed by atoms with van der Waals surface area (Å²) in [5, 5.41) is 0.480. The van der Waals surface area contributed by atoms with Crippen LogP contribution in [0.2, 0.25) is 0 Å². The lowest BCUT2D eigenvalue weighted by Crippen LogP contribution is -2.49. The van der Waals surface area contributed by atoms with Gasteiger partial charge in [0.1, 0.15) is 0 Å². The lowest BCUT2D eigenvalue weighted by Gasteiger charge is -2.36. The molecule has 0 aliphatic carbocycles. The number of hydrogen-bond acceptors (Lipinski definition) is 5. The second-order valence-corrected chi connectivity index (χ2v) is 7.33. The molecule has 5 nitrogen and oxygen atoms in total. The number of nitrogens with zero attached hydrogens (tertiary/aromatic N) is 2. The van der Waals surface area contributed by atoms with E-state index >= 15 is 0 Å². The van der Waals surface area contributed by atoms with Crippen molar-refractivity contribution in [2.24, 2.45) is 0 Å². The number of benzene rings is 1. The Hall–Kier alpha value is -1.69. The average Bonchev–Trinajstić information content (AvgIpc) is 2.59. The van der Waals surface area contributed by atoms with Gasteiger partial charge < -0.3 is 14.5 Å². The van der Waals surface area contributed by atoms with Crippen molar-refractivity contribution in [1.29, 1.82) is 0 Å². The van der Waals surface area contributed by atoms with Gasteiger partial charge in [0.15, 0.2) is 0 Å². The molecule has 2 rings (SSSR count). The zero-order valence-corrected chi connectivity index (χ0v) is 14.8. The molecule has 126 valence electrons. The number of ether oxygens (including phenoxy) is 1. The molecule has 1 aliphatic heterocycles. The largest absolute Gasteiger partial charge is 0.465 e. The third kappa shape index (κ3) is 4.89. The van der Waals surface area contributed by atoms with E-state index in [4.69, 9.17) is 4.74 Å². The molecule has 6 heteroatoms. The van der Waals surface area contributed by atoms with E-state index in [0.29, 0.717) is 16.6 Å². The Morgan fingerprint density at radius 3 is 2.26 bits per heavy atom. The summed E-state index contributed by atoms with van der Waals surface area (Å²) in [6.45, 7) is 7.33. The van der Waals surface area contributed by atoms with Crippen LogP contribution in [0.15, 0.2) is 24.3 Å². The van der Waals surface area contributed by atoms with Crippen molar-refractivity contribution in [3.05, 3.63) is 29.8 Å². The summed E-state index contributed by atoms with van der Waals surface area (Å²) in [6, 6.07) is 7.41. The second-order valence-electron chi connectivity index (χ2n) is 5.77. The lowest BCUT2D eigenvalue weighted by molar-refractivity contribution is -0.128. The summed E-state index contributed by atoms with van der Waals surface area (Å²) >= 11 is 1.69. The van der Waals surface area contributed by atoms with Crippen molar-refractivity contribution in [1.82, 2.24) is 4.90 Å². The molecule has 0 unspecified atom stereocenters. The Bertz CT molecular complexity index is 537. The van der Waals surface area contributed by atoms with E-state index in [2.05, 4.69) is 18.7 Å². The molecule has 0 spiro atoms. The Balaban J connectivity index is 1.86. The molecule has 1 amide bonds. The van der Waals surface area contributed by atoms with E-state index in [9.17, 15) is 9.59 Å². The Morgan fingerprint density at radius 2 is 1.74 bits per heavy atom. The third-order valence-corrected chi connectivity index (χ3v) is 4.91. The van der Waals surface area contributed by atoms with Crippen molar-refractivity contribution < 1.29 is 14.3 Å². The molecule has 0 radical (unpaired) electrons. The standard InChI is InChI=1S/C17H24N2O3S/c1-13(2)23-12-16(20)19-10-8-18(9-11-19)15-6-4-14(5-7-15)17(21)22-3/h4-7,13H,8-12H2,1-3H3. The number of hydrogen-bond donors (Lipinski definition) is 0. The average molecular weight is 336 g/mol. The maximum Gasteiger partial charge on any atom is 0.337 e. The fourth-order valence-corrected chi connectivity index (χ4v) is 3.13. The first-order valence-corrected chi connectivity index (χ1v) is 8.89. The van der Waals surface area contributed by atoms with Crippen molar-refractivity contribution >= 4 is 29.3 Å². The van der Waals surface area contributed by atoms with E-state index in [1.807, 2.05) is 17.0 Å². The van der Waals surface area contributed by atoms with Crippen LogP contribution in [0.25, 0.3) is 0 Å². The molecule has 0 atom stereocenters. The van der Waals surface area contributed by atoms with Crippen molar-refractivity contribution in [3.63, 3.8) is 0 Å². The number of esters is 1. The predicted octanol–water partition coefficient (Wildman–Crippen LogP) is 2.26. The van der Waals surface area contributed by atoms with Crippen LogP contribution >= 0.6 is 11.8 Å². The van der Waals surface area contributed by atoms with Gasteiger partial charge >= 0.3 is 5.97 Å². The van der Waals surface area contributed by atoms with Crippen molar-refractivity contribution in [2.45, 2.75) is 19.1 Å². The highest BCUT2D eigenvalue weighted by atomic mass is 32.2. The Morgan fingerprint density at radius 1 is 1.13 bits per heavy atom. The maximum atomic E-state index is 12.1. The second kappa shape index (κ2) is 8.24. The minimum Gasteiger partial charge on any atom is -0.465 e. The number of methoxy groups -OCH3 is 1. The summed E-state index contributed by atoms with van der Waals surface area (Å²) in [5.74, 6) is 0.463. The first kappa shape index (κ1) is 17.7. The van der Waals surface area contributed by atoms with Crippen LogP contribution in [0.4, 0.5) is 5.69 Å². The molecule has 1 heterocycles. The van der Waals surface area contributed by atoms with Gasteiger partial charge in [-0.2, -0.15) is 0 Å². The monoisotopic (exact) mass is 336 g/mol. The molecule has 1 aromatic rings. The van der Waals surface area contributed by atoms with Gasteiger partial charge in [-0.3, -0.25) is 4.79 Å². The summed E-state index contributed by atoms with van der Waals surface area (Å²) < 4.78 is 4.70. The number of piperazine rings is 1. The molecule has 0 bridgehead atoms. The fourth-order valence-electron chi connectivity index (χ4n) is 2.47. The van der Waals surface area contributed by atoms with Gasteiger partial charge in [0, 0.05) is 31.9 Å². The molecule has 0 N–H and O–H groups in total. The minimum absolute atomic E-state index is 0.226. The zero-order valence-electron chi connectivity index (χ0n) is 13.9. The first-order valence-electron chi connectivity index (χ1n) is 7.84. The van der Waals surface area contributed by atoms with E-state index in [1.165, 1.54) is 7.11 Å². The number of thioether (sulfide) groups is 1. The minimum atomic E-state index is -0.324. The molecule has 23 heavy (non-hydrogen) atoms. The Kier molecular flexibility index (Phi) is 6.33. The molecule has 0 aromatic heterocycles. The first-order chi connectivity index (χ1) is 11.0. The summed E-state index contributed by atoms with van der Waals surface area (Å²) in [5.41, 5.74) is 1.62. The Labute approximate surface area is 142 Å². The SMILES string of the molecule is COC(=O)c1ccc(N2CCN(C(=O)CSC(C)C)CC2)cc1. The highest BCUT2D eigenvalue weighted by Crippen LogP contribution is 2.18. The van der Waals surface area contributed by atoms with Crippen LogP contribution in [0.5, 0.6) is 0 Å². The third-order valence-electron chi connectivity index (χ3n) is 3.83. The van der Waals surface area contributed by atoms with Crippen LogP contribution in [0, 0.1) is 0 Å². The van der Waals surface area contributed by atoms with Gasteiger partial charge in [0.05, 0.1) is 18.4 Å². The van der Waals surface area contributed by atoms with Gasteiger partial charge in [-0.05, 0) is 29.5 Å². The van der Waals surface area contributed by atoms with E-state index in [1.54, 1.807) is 23.9 Å². The van der Waals surface area contributed by atoms with Crippen LogP contribution in [-0.4, -0.2) is 61.1 Å². The zero-order chi connectivity index (χ0) is 16.8. The molecule has 1 saturated heterocycles. The van der Waals surface area contributed by atoms with E-state index in [-0.39, 0.29) is 11.9 Å². The molecule has 1 aromatic carbocycles. The number of anilines is 1. The van der Waals surface area contributed by atoms with Crippen LogP contribution < -0.4 is 4.90 Å². The van der Waals surface area contributed by atoms with Crippen molar-refractivity contribution in [2.75, 3.05) is 43.9 Å². The fraction of sp³-hybridized carbons (Fsp3) is 0.529. The highest BCUT2D eigenvalue weighted by molar-refractivity contribution is 8.00. The molecule has 1 fully saturated rings. The van der Waals surface area contributed by atoms with E-state index in [0.717, 1.165) is 31.9 Å². The summed E-state index contributed by atoms with van der Waals surface area (Å²) in [6.07, 6.45) is 0. The smallest absolute Gasteiger partial charge is 0.337 e. The highest BCUT2D eigenvalue weighted by Gasteiger charge is 2.21. The van der Waals surface area contributed by atoms with Crippen LogP contribution in [-0.2, 0) is 9.53 Å². The van der Waals surface area contributed by atoms with Gasteiger partial charge in [0.2, 0.25) is 5.91 Å². The number of carbonyl (C=O) groups is 2. The topological polar surface area (TPSA) is 49.9 Å². The molecular formula is C17H24N2O3S. The van der Waals surface area contributed by atoms with Crippen LogP contribution in [0.3, 0.4) is 0 Å². The number of amides is 1. The quantitative estimate of drug-likeness (QED) is 0.772. The number of carbonyl (C=O) groups excluding carboxylic acids is 2. The predicted molar refractivity (Wildman–Crippen MR) is 94.2 cm³/mol. The van der Waals surface area contributed by atoms with Gasteiger partial charge in [-0.1, -0.05) is 13.8 Å². The van der Waals surface area contributed by atoms with Gasteiger partial charge in [-0.25, -0.2) is 4.79 Å². The van der Waals surface area contributed by atoms with Crippen molar-refractivity contribution in [3.8, 4) is 0 Å². The lowest BCUT2D eigenvalue weighted by atomic mass is 10.2. The normalized spacial score (nSPS) is 15.0. The maximum absolute atomic E-state index is 12.1. The summed E-state index contributed by atoms with van der Waals surface area (Å²) in [7, 11) is 1.38. The molecule has 1 aliphatic rings. The van der Waals surface area contributed by atoms with Crippen LogP contribution in [0.1, 0.15) is 24.2 Å². The van der Waals surface area contributed by atoms with Gasteiger partial charge in [-0.15, -0.1) is 11.8 Å². The molecular weight excluding hydrogens is 312 g/mol. The van der Waals surface area contributed by atoms with E-state index < -0.39 is 0 Å². The number of rotatable bonds is 5.